The minimum atomic E-state index is -0.834. The second kappa shape index (κ2) is 11.4. The molecule has 0 spiro atoms. The van der Waals surface area contributed by atoms with Crippen LogP contribution in [-0.4, -0.2) is 40.5 Å². The Morgan fingerprint density at radius 1 is 1.13 bits per heavy atom. The van der Waals surface area contributed by atoms with Crippen molar-refractivity contribution in [3.8, 4) is 28.4 Å². The molecule has 0 fully saturated rings. The van der Waals surface area contributed by atoms with Gasteiger partial charge in [-0.25, -0.2) is 0 Å². The molecule has 1 heterocycles. The number of aliphatic carboxylic acids is 1. The van der Waals surface area contributed by atoms with Gasteiger partial charge >= 0.3 is 5.97 Å². The van der Waals surface area contributed by atoms with Gasteiger partial charge in [-0.05, 0) is 78.3 Å². The Balaban J connectivity index is 1.31. The monoisotopic (exact) mass is 554 g/mol. The standard InChI is InChI=1S/C30H31ClO6S/c1-18-12-27(35-10-3-11-38(2)34)24-7-8-25(24)30(18)19-4-9-26(31)21(13-19)17-36-22-5-6-23-20(14-29(32)33)16-37-28(23)15-22/h4-6,9,12-13,15,20H,3,7-8,10-11,14,16-17H2,1-2H3,(H,32,33). The van der Waals surface area contributed by atoms with Gasteiger partial charge in [0.25, 0.3) is 0 Å². The van der Waals surface area contributed by atoms with Crippen LogP contribution in [0.1, 0.15) is 46.6 Å². The van der Waals surface area contributed by atoms with Gasteiger partial charge in [0.05, 0.1) is 19.6 Å². The summed E-state index contributed by atoms with van der Waals surface area (Å²) in [4.78, 5) is 11.1. The molecule has 38 heavy (non-hydrogen) atoms. The summed E-state index contributed by atoms with van der Waals surface area (Å²) in [5.74, 6) is 1.94. The maximum Gasteiger partial charge on any atom is 0.304 e. The van der Waals surface area contributed by atoms with E-state index in [-0.39, 0.29) is 12.3 Å². The van der Waals surface area contributed by atoms with Gasteiger partial charge in [0.15, 0.2) is 0 Å². The molecule has 2 unspecified atom stereocenters. The third-order valence-corrected chi connectivity index (χ3v) is 8.41. The first-order valence-electron chi connectivity index (χ1n) is 12.8. The van der Waals surface area contributed by atoms with Gasteiger partial charge < -0.3 is 19.3 Å². The maximum atomic E-state index is 11.3. The van der Waals surface area contributed by atoms with Crippen LogP contribution in [0.2, 0.25) is 5.02 Å². The summed E-state index contributed by atoms with van der Waals surface area (Å²) in [5.41, 5.74) is 7.84. The van der Waals surface area contributed by atoms with Gasteiger partial charge in [0.1, 0.15) is 23.9 Å². The zero-order valence-electron chi connectivity index (χ0n) is 21.6. The highest BCUT2D eigenvalue weighted by Gasteiger charge is 2.27. The van der Waals surface area contributed by atoms with Crippen molar-refractivity contribution in [2.45, 2.75) is 45.1 Å². The highest BCUT2D eigenvalue weighted by Crippen LogP contribution is 2.43. The van der Waals surface area contributed by atoms with Crippen LogP contribution in [-0.2, 0) is 35.0 Å². The van der Waals surface area contributed by atoms with Crippen molar-refractivity contribution in [3.05, 3.63) is 75.3 Å². The molecule has 0 radical (unpaired) electrons. The van der Waals surface area contributed by atoms with Crippen molar-refractivity contribution < 1.29 is 28.3 Å². The number of carboxylic acid groups (broad SMARTS) is 1. The minimum Gasteiger partial charge on any atom is -0.493 e. The molecule has 6 nitrogen and oxygen atoms in total. The Kier molecular flexibility index (Phi) is 7.96. The molecule has 0 saturated carbocycles. The summed E-state index contributed by atoms with van der Waals surface area (Å²) in [5, 5.41) is 9.75. The number of halogens is 1. The van der Waals surface area contributed by atoms with Gasteiger partial charge in [0, 0.05) is 50.9 Å². The first-order chi connectivity index (χ1) is 18.3. The predicted octanol–water partition coefficient (Wildman–Crippen LogP) is 6.09. The number of aryl methyl sites for hydroxylation is 1. The van der Waals surface area contributed by atoms with E-state index in [0.717, 1.165) is 47.3 Å². The van der Waals surface area contributed by atoms with Gasteiger partial charge in [-0.3, -0.25) is 9.00 Å². The number of carbonyl (C=O) groups is 1. The van der Waals surface area contributed by atoms with E-state index < -0.39 is 16.8 Å². The maximum absolute atomic E-state index is 11.3. The molecule has 1 N–H and O–H groups in total. The predicted molar refractivity (Wildman–Crippen MR) is 149 cm³/mol. The number of rotatable bonds is 11. The normalized spacial score (nSPS) is 16.1. The molecule has 0 saturated heterocycles. The highest BCUT2D eigenvalue weighted by atomic mass is 35.5. The van der Waals surface area contributed by atoms with Crippen LogP contribution < -0.4 is 14.2 Å². The quantitative estimate of drug-likeness (QED) is 0.289. The third kappa shape index (κ3) is 5.69. The topological polar surface area (TPSA) is 82.1 Å². The van der Waals surface area contributed by atoms with E-state index in [9.17, 15) is 9.00 Å². The summed E-state index contributed by atoms with van der Waals surface area (Å²) < 4.78 is 29.2. The largest absolute Gasteiger partial charge is 0.493 e. The second-order valence-electron chi connectivity index (χ2n) is 9.90. The van der Waals surface area contributed by atoms with Gasteiger partial charge in [-0.15, -0.1) is 0 Å². The molecule has 200 valence electrons. The average molecular weight is 555 g/mol. The van der Waals surface area contributed by atoms with Gasteiger partial charge in [0.2, 0.25) is 0 Å². The summed E-state index contributed by atoms with van der Waals surface area (Å²) >= 11 is 6.55. The number of fused-ring (bicyclic) bond motifs is 2. The number of hydrogen-bond acceptors (Lipinski definition) is 5. The van der Waals surface area contributed by atoms with Crippen molar-refractivity contribution in [3.63, 3.8) is 0 Å². The van der Waals surface area contributed by atoms with E-state index in [4.69, 9.17) is 30.9 Å². The molecule has 2 aliphatic rings. The summed E-state index contributed by atoms with van der Waals surface area (Å²) in [7, 11) is -0.801. The smallest absolute Gasteiger partial charge is 0.304 e. The van der Waals surface area contributed by atoms with Crippen molar-refractivity contribution in [2.75, 3.05) is 25.2 Å². The highest BCUT2D eigenvalue weighted by molar-refractivity contribution is 7.84. The number of carboxylic acids is 1. The first-order valence-corrected chi connectivity index (χ1v) is 14.9. The van der Waals surface area contributed by atoms with E-state index >= 15 is 0 Å². The van der Waals surface area contributed by atoms with E-state index in [1.165, 1.54) is 16.7 Å². The van der Waals surface area contributed by atoms with Crippen LogP contribution in [0.3, 0.4) is 0 Å². The van der Waals surface area contributed by atoms with Crippen molar-refractivity contribution in [1.29, 1.82) is 0 Å². The SMILES string of the molecule is Cc1cc(OCCCS(C)=O)c2c(c1-c1ccc(Cl)c(COc3ccc4c(c3)OCC4CC(=O)O)c1)CC2. The van der Waals surface area contributed by atoms with E-state index in [1.807, 2.05) is 24.3 Å². The molecule has 0 amide bonds. The summed E-state index contributed by atoms with van der Waals surface area (Å²) in [6, 6.07) is 13.7. The van der Waals surface area contributed by atoms with Crippen molar-refractivity contribution in [1.82, 2.24) is 0 Å². The third-order valence-electron chi connectivity index (χ3n) is 7.18. The van der Waals surface area contributed by atoms with E-state index in [0.29, 0.717) is 42.1 Å². The van der Waals surface area contributed by atoms with Crippen LogP contribution in [0.15, 0.2) is 42.5 Å². The molecule has 3 aromatic rings. The van der Waals surface area contributed by atoms with E-state index in [1.54, 1.807) is 6.26 Å². The van der Waals surface area contributed by atoms with Crippen LogP contribution in [0.5, 0.6) is 17.2 Å². The lowest BCUT2D eigenvalue weighted by molar-refractivity contribution is -0.137. The molecule has 0 bridgehead atoms. The van der Waals surface area contributed by atoms with Crippen molar-refractivity contribution >= 4 is 28.4 Å². The zero-order valence-corrected chi connectivity index (χ0v) is 23.1. The average Bonchev–Trinajstić information content (AvgIpc) is 3.24. The number of benzene rings is 3. The van der Waals surface area contributed by atoms with Crippen molar-refractivity contribution in [2.24, 2.45) is 0 Å². The Labute approximate surface area is 230 Å². The fraction of sp³-hybridized carbons (Fsp3) is 0.367. The first kappa shape index (κ1) is 26.6. The Morgan fingerprint density at radius 3 is 2.68 bits per heavy atom. The molecule has 5 rings (SSSR count). The Morgan fingerprint density at radius 2 is 1.95 bits per heavy atom. The Bertz CT molecular complexity index is 1400. The molecule has 3 aromatic carbocycles. The van der Waals surface area contributed by atoms with Gasteiger partial charge in [-0.1, -0.05) is 23.7 Å². The number of ether oxygens (including phenoxy) is 3. The lowest BCUT2D eigenvalue weighted by Crippen LogP contribution is -2.15. The molecule has 1 aliphatic heterocycles. The van der Waals surface area contributed by atoms with E-state index in [2.05, 4.69) is 25.1 Å². The lowest BCUT2D eigenvalue weighted by Gasteiger charge is -2.28. The van der Waals surface area contributed by atoms with Crippen LogP contribution in [0, 0.1) is 6.92 Å². The van der Waals surface area contributed by atoms with Crippen LogP contribution in [0.25, 0.3) is 11.1 Å². The fourth-order valence-electron chi connectivity index (χ4n) is 5.22. The van der Waals surface area contributed by atoms with Crippen LogP contribution >= 0.6 is 11.6 Å². The Hall–Kier alpha value is -3.03. The lowest BCUT2D eigenvalue weighted by atomic mass is 9.79. The van der Waals surface area contributed by atoms with Gasteiger partial charge in [-0.2, -0.15) is 0 Å². The molecular weight excluding hydrogens is 524 g/mol. The molecule has 0 aromatic heterocycles. The summed E-state index contributed by atoms with van der Waals surface area (Å²) in [6.45, 7) is 3.34. The zero-order chi connectivity index (χ0) is 26.8. The molecule has 2 atom stereocenters. The second-order valence-corrected chi connectivity index (χ2v) is 11.9. The summed E-state index contributed by atoms with van der Waals surface area (Å²) in [6.07, 6.45) is 4.55. The molecule has 8 heteroatoms. The molecular formula is C30H31ClO6S. The number of hydrogen-bond donors (Lipinski definition) is 1. The fourth-order valence-corrected chi connectivity index (χ4v) is 5.92. The van der Waals surface area contributed by atoms with Crippen LogP contribution in [0.4, 0.5) is 0 Å². The molecule has 1 aliphatic carbocycles. The minimum absolute atomic E-state index is 0.0484.